The van der Waals surface area contributed by atoms with E-state index in [1.165, 1.54) is 12.3 Å². The summed E-state index contributed by atoms with van der Waals surface area (Å²) in [6.07, 6.45) is -1.33. The van der Waals surface area contributed by atoms with E-state index in [0.29, 0.717) is 0 Å². The number of carbonyl (C=O) groups excluding carboxylic acids is 2. The van der Waals surface area contributed by atoms with E-state index in [4.69, 9.17) is 24.2 Å². The molecule has 134 valence electrons. The van der Waals surface area contributed by atoms with Crippen molar-refractivity contribution in [3.8, 4) is 0 Å². The SMILES string of the molecule is O=C1O[C@@H]2[C@H](O1)[C@@H](COC(=O)C1CC1)O[C@H]2n1ccc(NO)nc1=O. The van der Waals surface area contributed by atoms with Crippen LogP contribution in [0, 0.1) is 5.92 Å². The monoisotopic (exact) mass is 353 g/mol. The highest BCUT2D eigenvalue weighted by molar-refractivity contribution is 5.74. The van der Waals surface area contributed by atoms with Crippen LogP contribution in [0.3, 0.4) is 0 Å². The number of anilines is 1. The Labute approximate surface area is 140 Å². The first-order valence-corrected chi connectivity index (χ1v) is 7.75. The summed E-state index contributed by atoms with van der Waals surface area (Å²) in [6.45, 7) is -0.109. The topological polar surface area (TPSA) is 138 Å². The number of nitrogens with zero attached hydrogens (tertiary/aromatic N) is 2. The standard InChI is InChI=1S/C14H15N3O8/c18-12(6-1-2-6)22-5-7-9-10(25-14(20)24-9)11(23-7)17-4-3-8(16-21)15-13(17)19/h3-4,6-7,9-11,21H,1-2,5H2,(H,15,16,19)/t7-,9-,10-,11-/m1/s1. The fraction of sp³-hybridized carbons (Fsp3) is 0.571. The zero-order valence-corrected chi connectivity index (χ0v) is 12.9. The Balaban J connectivity index is 1.53. The Morgan fingerprint density at radius 2 is 2.12 bits per heavy atom. The van der Waals surface area contributed by atoms with Crippen LogP contribution in [0.2, 0.25) is 0 Å². The molecule has 3 aliphatic rings. The van der Waals surface area contributed by atoms with Crippen LogP contribution in [0.15, 0.2) is 17.1 Å². The average Bonchev–Trinajstić information content (AvgIpc) is 3.31. The minimum Gasteiger partial charge on any atom is -0.463 e. The minimum absolute atomic E-state index is 0.0367. The summed E-state index contributed by atoms with van der Waals surface area (Å²) < 4.78 is 22.2. The maximum absolute atomic E-state index is 12.1. The van der Waals surface area contributed by atoms with Gasteiger partial charge in [-0.3, -0.25) is 20.0 Å². The molecule has 2 saturated heterocycles. The van der Waals surface area contributed by atoms with E-state index in [9.17, 15) is 14.4 Å². The van der Waals surface area contributed by atoms with Gasteiger partial charge in [0, 0.05) is 6.20 Å². The first kappa shape index (κ1) is 15.8. The molecule has 0 spiro atoms. The summed E-state index contributed by atoms with van der Waals surface area (Å²) in [5.41, 5.74) is 1.04. The van der Waals surface area contributed by atoms with Crippen LogP contribution in [-0.2, 0) is 23.7 Å². The molecule has 4 rings (SSSR count). The van der Waals surface area contributed by atoms with Gasteiger partial charge in [-0.1, -0.05) is 0 Å². The van der Waals surface area contributed by atoms with E-state index in [0.717, 1.165) is 17.4 Å². The third kappa shape index (κ3) is 2.91. The third-order valence-electron chi connectivity index (χ3n) is 4.27. The molecule has 1 aromatic rings. The Kier molecular flexibility index (Phi) is 3.81. The number of esters is 1. The van der Waals surface area contributed by atoms with Crippen molar-refractivity contribution in [2.24, 2.45) is 5.92 Å². The smallest absolute Gasteiger partial charge is 0.463 e. The van der Waals surface area contributed by atoms with E-state index >= 15 is 0 Å². The number of hydrogen-bond donors (Lipinski definition) is 2. The van der Waals surface area contributed by atoms with Gasteiger partial charge in [0.05, 0.1) is 5.92 Å². The highest BCUT2D eigenvalue weighted by Gasteiger charge is 2.55. The van der Waals surface area contributed by atoms with Crippen LogP contribution in [0.1, 0.15) is 19.1 Å². The zero-order chi connectivity index (χ0) is 17.6. The van der Waals surface area contributed by atoms with Crippen molar-refractivity contribution in [3.05, 3.63) is 22.7 Å². The van der Waals surface area contributed by atoms with Crippen molar-refractivity contribution in [1.82, 2.24) is 9.55 Å². The van der Waals surface area contributed by atoms with Gasteiger partial charge in [0.25, 0.3) is 0 Å². The number of fused-ring (bicyclic) bond motifs is 1. The second-order valence-electron chi connectivity index (χ2n) is 6.00. The van der Waals surface area contributed by atoms with Crippen molar-refractivity contribution in [1.29, 1.82) is 0 Å². The molecule has 0 aromatic carbocycles. The van der Waals surface area contributed by atoms with E-state index < -0.39 is 36.4 Å². The molecule has 0 amide bonds. The highest BCUT2D eigenvalue weighted by Crippen LogP contribution is 2.38. The molecule has 3 heterocycles. The molecular weight excluding hydrogens is 338 g/mol. The Morgan fingerprint density at radius 1 is 1.36 bits per heavy atom. The fourth-order valence-electron chi connectivity index (χ4n) is 2.85. The van der Waals surface area contributed by atoms with E-state index in [1.54, 1.807) is 5.48 Å². The van der Waals surface area contributed by atoms with Gasteiger partial charge in [-0.25, -0.2) is 9.59 Å². The maximum Gasteiger partial charge on any atom is 0.509 e. The van der Waals surface area contributed by atoms with Gasteiger partial charge in [-0.2, -0.15) is 4.98 Å². The molecule has 25 heavy (non-hydrogen) atoms. The molecule has 1 aliphatic carbocycles. The van der Waals surface area contributed by atoms with E-state index in [1.807, 2.05) is 0 Å². The lowest BCUT2D eigenvalue weighted by molar-refractivity contribution is -0.152. The predicted octanol–water partition coefficient (Wildman–Crippen LogP) is -0.201. The molecular formula is C14H15N3O8. The second-order valence-corrected chi connectivity index (χ2v) is 6.00. The molecule has 2 aliphatic heterocycles. The molecule has 11 nitrogen and oxygen atoms in total. The van der Waals surface area contributed by atoms with Gasteiger partial charge in [0.2, 0.25) is 0 Å². The Morgan fingerprint density at radius 3 is 2.80 bits per heavy atom. The molecule has 0 radical (unpaired) electrons. The van der Waals surface area contributed by atoms with Gasteiger partial charge < -0.3 is 18.9 Å². The summed E-state index contributed by atoms with van der Waals surface area (Å²) in [4.78, 5) is 38.8. The molecule has 3 fully saturated rings. The number of rotatable bonds is 5. The molecule has 0 unspecified atom stereocenters. The summed E-state index contributed by atoms with van der Waals surface area (Å²) in [7, 11) is 0. The van der Waals surface area contributed by atoms with Crippen molar-refractivity contribution < 1.29 is 33.7 Å². The number of carbonyl (C=O) groups is 2. The first-order valence-electron chi connectivity index (χ1n) is 7.75. The van der Waals surface area contributed by atoms with Gasteiger partial charge >= 0.3 is 17.8 Å². The second kappa shape index (κ2) is 6.01. The van der Waals surface area contributed by atoms with Gasteiger partial charge in [-0.15, -0.1) is 0 Å². The Bertz CT molecular complexity index is 761. The summed E-state index contributed by atoms with van der Waals surface area (Å²) in [5.74, 6) is -0.419. The zero-order valence-electron chi connectivity index (χ0n) is 12.9. The van der Waals surface area contributed by atoms with Crippen molar-refractivity contribution in [2.45, 2.75) is 37.4 Å². The molecule has 4 atom stereocenters. The van der Waals surface area contributed by atoms with E-state index in [-0.39, 0.29) is 24.3 Å². The van der Waals surface area contributed by atoms with Crippen LogP contribution in [0.5, 0.6) is 0 Å². The van der Waals surface area contributed by atoms with Crippen molar-refractivity contribution in [2.75, 3.05) is 12.1 Å². The molecule has 1 aromatic heterocycles. The number of nitrogens with one attached hydrogen (secondary N) is 1. The van der Waals surface area contributed by atoms with E-state index in [2.05, 4.69) is 4.98 Å². The number of aromatic nitrogens is 2. The van der Waals surface area contributed by atoms with Crippen LogP contribution in [0.4, 0.5) is 10.6 Å². The molecule has 1 saturated carbocycles. The predicted molar refractivity (Wildman–Crippen MR) is 76.6 cm³/mol. The summed E-state index contributed by atoms with van der Waals surface area (Å²) >= 11 is 0. The normalized spacial score (nSPS) is 30.4. The van der Waals surface area contributed by atoms with Crippen LogP contribution in [0.25, 0.3) is 0 Å². The number of ether oxygens (including phenoxy) is 4. The average molecular weight is 353 g/mol. The van der Waals surface area contributed by atoms with Crippen LogP contribution in [-0.4, -0.2) is 51.8 Å². The lowest BCUT2D eigenvalue weighted by Crippen LogP contribution is -2.34. The molecule has 11 heteroatoms. The third-order valence-corrected chi connectivity index (χ3v) is 4.27. The van der Waals surface area contributed by atoms with Gasteiger partial charge in [0.1, 0.15) is 12.7 Å². The summed E-state index contributed by atoms with van der Waals surface area (Å²) in [6, 6.07) is 1.35. The van der Waals surface area contributed by atoms with Gasteiger partial charge in [-0.05, 0) is 18.9 Å². The minimum atomic E-state index is -0.978. The first-order chi connectivity index (χ1) is 12.1. The lowest BCUT2D eigenvalue weighted by atomic mass is 10.1. The maximum atomic E-state index is 12.1. The van der Waals surface area contributed by atoms with Gasteiger partial charge in [0.15, 0.2) is 24.3 Å². The quantitative estimate of drug-likeness (QED) is 0.540. The molecule has 0 bridgehead atoms. The highest BCUT2D eigenvalue weighted by atomic mass is 16.8. The Hall–Kier alpha value is -2.66. The van der Waals surface area contributed by atoms with Crippen molar-refractivity contribution in [3.63, 3.8) is 0 Å². The van der Waals surface area contributed by atoms with Crippen molar-refractivity contribution >= 4 is 17.9 Å². The fourth-order valence-corrected chi connectivity index (χ4v) is 2.85. The lowest BCUT2D eigenvalue weighted by Gasteiger charge is -2.18. The van der Waals surface area contributed by atoms with Crippen LogP contribution >= 0.6 is 0 Å². The van der Waals surface area contributed by atoms with Crippen LogP contribution < -0.4 is 11.2 Å². The number of hydrogen-bond acceptors (Lipinski definition) is 10. The molecule has 2 N–H and O–H groups in total. The largest absolute Gasteiger partial charge is 0.509 e. The summed E-state index contributed by atoms with van der Waals surface area (Å²) in [5, 5.41) is 8.79.